The van der Waals surface area contributed by atoms with Gasteiger partial charge in [-0.2, -0.15) is 0 Å². The third-order valence-electron chi connectivity index (χ3n) is 2.12. The lowest BCUT2D eigenvalue weighted by Gasteiger charge is -2.05. The van der Waals surface area contributed by atoms with Crippen LogP contribution in [0.1, 0.15) is 10.5 Å². The number of carbonyl (C=O) groups excluding carboxylic acids is 1. The van der Waals surface area contributed by atoms with Crippen molar-refractivity contribution < 1.29 is 13.6 Å². The van der Waals surface area contributed by atoms with Crippen molar-refractivity contribution in [1.82, 2.24) is 4.98 Å². The summed E-state index contributed by atoms with van der Waals surface area (Å²) in [6, 6.07) is 7.26. The van der Waals surface area contributed by atoms with Gasteiger partial charge in [0.25, 0.3) is 5.91 Å². The van der Waals surface area contributed by atoms with Crippen molar-refractivity contribution in [3.8, 4) is 0 Å². The minimum absolute atomic E-state index is 0.0155. The first-order valence-corrected chi connectivity index (χ1v) is 5.04. The van der Waals surface area contributed by atoms with Crippen molar-refractivity contribution in [2.45, 2.75) is 0 Å². The number of aromatic nitrogens is 1. The van der Waals surface area contributed by atoms with Crippen LogP contribution in [-0.4, -0.2) is 10.9 Å². The number of nitrogen functional groups attached to an aromatic ring is 1. The maximum absolute atomic E-state index is 12.9. The van der Waals surface area contributed by atoms with E-state index in [1.165, 1.54) is 12.1 Å². The molecule has 0 aliphatic heterocycles. The highest BCUT2D eigenvalue weighted by Gasteiger charge is 2.09. The van der Waals surface area contributed by atoms with Crippen molar-refractivity contribution in [3.63, 3.8) is 0 Å². The molecule has 0 atom stereocenters. The predicted molar refractivity (Wildman–Crippen MR) is 63.0 cm³/mol. The lowest BCUT2D eigenvalue weighted by molar-refractivity contribution is 0.102. The summed E-state index contributed by atoms with van der Waals surface area (Å²) in [7, 11) is 0. The van der Waals surface area contributed by atoms with Crippen LogP contribution in [0.25, 0.3) is 0 Å². The maximum atomic E-state index is 12.9. The minimum atomic E-state index is -0.772. The van der Waals surface area contributed by atoms with Crippen molar-refractivity contribution in [1.29, 1.82) is 0 Å². The van der Waals surface area contributed by atoms with Gasteiger partial charge in [-0.15, -0.1) is 0 Å². The van der Waals surface area contributed by atoms with Crippen LogP contribution in [0.3, 0.4) is 0 Å². The summed E-state index contributed by atoms with van der Waals surface area (Å²) in [4.78, 5) is 15.5. The summed E-state index contributed by atoms with van der Waals surface area (Å²) in [6.07, 6.45) is 0. The Labute approximate surface area is 101 Å². The number of anilines is 2. The Bertz CT molecular complexity index is 581. The second kappa shape index (κ2) is 4.79. The number of nitrogens with one attached hydrogen (secondary N) is 1. The molecule has 92 valence electrons. The predicted octanol–water partition coefficient (Wildman–Crippen LogP) is 2.19. The van der Waals surface area contributed by atoms with E-state index < -0.39 is 17.5 Å². The number of hydrogen-bond acceptors (Lipinski definition) is 3. The third kappa shape index (κ3) is 2.79. The van der Waals surface area contributed by atoms with Gasteiger partial charge in [-0.05, 0) is 24.3 Å². The third-order valence-corrected chi connectivity index (χ3v) is 2.12. The van der Waals surface area contributed by atoms with Gasteiger partial charge in [0, 0.05) is 11.8 Å². The summed E-state index contributed by atoms with van der Waals surface area (Å²) in [6.45, 7) is 0. The average molecular weight is 249 g/mol. The summed E-state index contributed by atoms with van der Waals surface area (Å²) in [5, 5.41) is 2.33. The fraction of sp³-hybridized carbons (Fsp3) is 0. The number of carbonyl (C=O) groups is 1. The molecule has 1 amide bonds. The molecule has 0 fully saturated rings. The first-order chi connectivity index (χ1) is 8.54. The molecule has 0 radical (unpaired) electrons. The molecule has 0 saturated carbocycles. The molecule has 3 N–H and O–H groups in total. The molecule has 4 nitrogen and oxygen atoms in total. The van der Waals surface area contributed by atoms with E-state index in [1.807, 2.05) is 0 Å². The maximum Gasteiger partial charge on any atom is 0.274 e. The first kappa shape index (κ1) is 12.0. The molecule has 1 aromatic carbocycles. The molecule has 2 rings (SSSR count). The van der Waals surface area contributed by atoms with Crippen LogP contribution in [0, 0.1) is 11.6 Å². The van der Waals surface area contributed by atoms with E-state index in [-0.39, 0.29) is 17.2 Å². The van der Waals surface area contributed by atoms with Crippen LogP contribution in [0.5, 0.6) is 0 Å². The van der Waals surface area contributed by atoms with Crippen LogP contribution >= 0.6 is 0 Å². The lowest BCUT2D eigenvalue weighted by atomic mass is 10.2. The van der Waals surface area contributed by atoms with Gasteiger partial charge in [-0.25, -0.2) is 13.8 Å². The first-order valence-electron chi connectivity index (χ1n) is 5.04. The molecule has 0 saturated heterocycles. The fourth-order valence-corrected chi connectivity index (χ4v) is 1.40. The van der Waals surface area contributed by atoms with E-state index in [2.05, 4.69) is 10.3 Å². The lowest BCUT2D eigenvalue weighted by Crippen LogP contribution is -2.14. The van der Waals surface area contributed by atoms with Gasteiger partial charge in [-0.3, -0.25) is 4.79 Å². The zero-order valence-corrected chi connectivity index (χ0v) is 9.15. The standard InChI is InChI=1S/C12H9F2N3O/c13-7-4-8(14)6-9(5-7)16-12(18)10-2-1-3-11(15)17-10/h1-6H,(H2,15,17)(H,16,18). The molecule has 0 spiro atoms. The number of rotatable bonds is 2. The molecular formula is C12H9F2N3O. The molecule has 0 aliphatic rings. The Hall–Kier alpha value is -2.50. The minimum Gasteiger partial charge on any atom is -0.384 e. The largest absolute Gasteiger partial charge is 0.384 e. The Morgan fingerprint density at radius 3 is 2.44 bits per heavy atom. The van der Waals surface area contributed by atoms with Crippen LogP contribution in [0.15, 0.2) is 36.4 Å². The van der Waals surface area contributed by atoms with E-state index in [0.29, 0.717) is 6.07 Å². The zero-order chi connectivity index (χ0) is 13.1. The van der Waals surface area contributed by atoms with Gasteiger partial charge in [0.2, 0.25) is 0 Å². The number of amides is 1. The van der Waals surface area contributed by atoms with Gasteiger partial charge in [0.1, 0.15) is 23.1 Å². The summed E-state index contributed by atoms with van der Waals surface area (Å²) < 4.78 is 25.8. The zero-order valence-electron chi connectivity index (χ0n) is 9.15. The number of halogens is 2. The summed E-state index contributed by atoms with van der Waals surface area (Å²) in [5.74, 6) is -1.95. The number of benzene rings is 1. The molecule has 0 bridgehead atoms. The van der Waals surface area contributed by atoms with Crippen molar-refractivity contribution >= 4 is 17.4 Å². The molecule has 0 unspecified atom stereocenters. The molecule has 1 heterocycles. The highest BCUT2D eigenvalue weighted by molar-refractivity contribution is 6.03. The normalized spacial score (nSPS) is 10.1. The second-order valence-electron chi connectivity index (χ2n) is 3.56. The van der Waals surface area contributed by atoms with Crippen molar-refractivity contribution in [3.05, 3.63) is 53.7 Å². The number of nitrogens with zero attached hydrogens (tertiary/aromatic N) is 1. The monoisotopic (exact) mass is 249 g/mol. The Morgan fingerprint density at radius 2 is 1.83 bits per heavy atom. The fourth-order valence-electron chi connectivity index (χ4n) is 1.40. The van der Waals surface area contributed by atoms with E-state index in [9.17, 15) is 13.6 Å². The highest BCUT2D eigenvalue weighted by atomic mass is 19.1. The summed E-state index contributed by atoms with van der Waals surface area (Å²) in [5.41, 5.74) is 5.51. The average Bonchev–Trinajstić information content (AvgIpc) is 2.27. The molecular weight excluding hydrogens is 240 g/mol. The second-order valence-corrected chi connectivity index (χ2v) is 3.56. The molecule has 2 aromatic rings. The van der Waals surface area contributed by atoms with Crippen LogP contribution in [0.4, 0.5) is 20.3 Å². The van der Waals surface area contributed by atoms with Crippen LogP contribution < -0.4 is 11.1 Å². The quantitative estimate of drug-likeness (QED) is 0.857. The molecule has 1 aromatic heterocycles. The Morgan fingerprint density at radius 1 is 1.17 bits per heavy atom. The SMILES string of the molecule is Nc1cccc(C(=O)Nc2cc(F)cc(F)c2)n1. The number of pyridine rings is 1. The molecule has 6 heteroatoms. The van der Waals surface area contributed by atoms with E-state index >= 15 is 0 Å². The summed E-state index contributed by atoms with van der Waals surface area (Å²) >= 11 is 0. The van der Waals surface area contributed by atoms with E-state index in [0.717, 1.165) is 12.1 Å². The van der Waals surface area contributed by atoms with Gasteiger partial charge >= 0.3 is 0 Å². The number of nitrogens with two attached hydrogens (primary N) is 1. The van der Waals surface area contributed by atoms with E-state index in [1.54, 1.807) is 6.07 Å². The van der Waals surface area contributed by atoms with Crippen LogP contribution in [-0.2, 0) is 0 Å². The Kier molecular flexibility index (Phi) is 3.18. The van der Waals surface area contributed by atoms with Gasteiger partial charge in [-0.1, -0.05) is 6.07 Å². The van der Waals surface area contributed by atoms with Gasteiger partial charge < -0.3 is 11.1 Å². The smallest absolute Gasteiger partial charge is 0.274 e. The highest BCUT2D eigenvalue weighted by Crippen LogP contribution is 2.14. The van der Waals surface area contributed by atoms with E-state index in [4.69, 9.17) is 5.73 Å². The number of hydrogen-bond donors (Lipinski definition) is 2. The molecule has 18 heavy (non-hydrogen) atoms. The van der Waals surface area contributed by atoms with Crippen LogP contribution in [0.2, 0.25) is 0 Å². The van der Waals surface area contributed by atoms with Crippen molar-refractivity contribution in [2.24, 2.45) is 0 Å². The van der Waals surface area contributed by atoms with Gasteiger partial charge in [0.05, 0.1) is 0 Å². The van der Waals surface area contributed by atoms with Gasteiger partial charge in [0.15, 0.2) is 0 Å². The topological polar surface area (TPSA) is 68.0 Å². The van der Waals surface area contributed by atoms with Crippen molar-refractivity contribution in [2.75, 3.05) is 11.1 Å². The molecule has 0 aliphatic carbocycles. The Balaban J connectivity index is 2.21.